The van der Waals surface area contributed by atoms with E-state index in [2.05, 4.69) is 73.8 Å². The highest BCUT2D eigenvalue weighted by atomic mass is 16.5. The van der Waals surface area contributed by atoms with E-state index in [1.165, 1.54) is 0 Å². The Balaban J connectivity index is 3.54. The number of carbonyl (C=O) groups is 1. The first-order valence-corrected chi connectivity index (χ1v) is 10.4. The van der Waals surface area contributed by atoms with Gasteiger partial charge in [-0.05, 0) is 51.4 Å². The molecule has 0 N–H and O–H groups in total. The first-order chi connectivity index (χ1) is 13.3. The van der Waals surface area contributed by atoms with E-state index >= 15 is 0 Å². The highest BCUT2D eigenvalue weighted by molar-refractivity contribution is 5.69. The Bertz CT molecular complexity index is 504. The normalized spacial score (nSPS) is 12.8. The van der Waals surface area contributed by atoms with Crippen LogP contribution in [-0.2, 0) is 9.53 Å². The molecule has 0 atom stereocenters. The van der Waals surface area contributed by atoms with Gasteiger partial charge in [-0.2, -0.15) is 0 Å². The lowest BCUT2D eigenvalue weighted by Crippen LogP contribution is -2.03. The van der Waals surface area contributed by atoms with Crippen LogP contribution in [-0.4, -0.2) is 12.6 Å². The quantitative estimate of drug-likeness (QED) is 0.209. The monoisotopic (exact) mass is 370 g/mol. The number of rotatable bonds is 16. The van der Waals surface area contributed by atoms with Crippen molar-refractivity contribution in [2.75, 3.05) is 6.61 Å². The van der Waals surface area contributed by atoms with Gasteiger partial charge in [-0.25, -0.2) is 0 Å². The number of esters is 1. The predicted octanol–water partition coefficient (Wildman–Crippen LogP) is 7.42. The number of hydrogen-bond donors (Lipinski definition) is 0. The number of ether oxygens (including phenoxy) is 1. The molecule has 0 aromatic rings. The van der Waals surface area contributed by atoms with Crippen molar-refractivity contribution < 1.29 is 9.53 Å². The molecule has 0 heterocycles. The number of hydrogen-bond acceptors (Lipinski definition) is 2. The van der Waals surface area contributed by atoms with Gasteiger partial charge in [0.25, 0.3) is 0 Å². The summed E-state index contributed by atoms with van der Waals surface area (Å²) in [6.45, 7) is 4.68. The van der Waals surface area contributed by atoms with Crippen LogP contribution in [0.5, 0.6) is 0 Å². The van der Waals surface area contributed by atoms with Crippen LogP contribution in [0.4, 0.5) is 0 Å². The Morgan fingerprint density at radius 1 is 0.630 bits per heavy atom. The summed E-state index contributed by atoms with van der Waals surface area (Å²) in [5, 5.41) is 0. The fourth-order valence-corrected chi connectivity index (χ4v) is 2.13. The van der Waals surface area contributed by atoms with Crippen LogP contribution in [0.1, 0.15) is 71.6 Å². The lowest BCUT2D eigenvalue weighted by molar-refractivity contribution is -0.143. The van der Waals surface area contributed by atoms with Crippen LogP contribution >= 0.6 is 0 Å². The molecule has 0 spiro atoms. The van der Waals surface area contributed by atoms with E-state index < -0.39 is 0 Å². The van der Waals surface area contributed by atoms with Gasteiger partial charge in [-0.1, -0.05) is 86.8 Å². The summed E-state index contributed by atoms with van der Waals surface area (Å²) in [6.07, 6.45) is 34.3. The van der Waals surface area contributed by atoms with Gasteiger partial charge in [0.2, 0.25) is 0 Å². The third-order valence-corrected chi connectivity index (χ3v) is 3.58. The molecule has 2 heteroatoms. The van der Waals surface area contributed by atoms with Gasteiger partial charge < -0.3 is 4.74 Å². The maximum atomic E-state index is 11.3. The van der Waals surface area contributed by atoms with Crippen molar-refractivity contribution in [3.63, 3.8) is 0 Å². The Labute approximate surface area is 167 Å². The molecular formula is C25H38O2. The molecule has 0 saturated heterocycles. The van der Waals surface area contributed by atoms with Crippen molar-refractivity contribution in [3.05, 3.63) is 72.9 Å². The van der Waals surface area contributed by atoms with Crippen molar-refractivity contribution in [3.8, 4) is 0 Å². The minimum absolute atomic E-state index is 0.101. The molecule has 2 nitrogen and oxygen atoms in total. The minimum atomic E-state index is -0.101. The van der Waals surface area contributed by atoms with E-state index in [0.29, 0.717) is 13.0 Å². The molecule has 27 heavy (non-hydrogen) atoms. The third kappa shape index (κ3) is 21.9. The van der Waals surface area contributed by atoms with Gasteiger partial charge in [0.15, 0.2) is 0 Å². The van der Waals surface area contributed by atoms with E-state index in [4.69, 9.17) is 4.74 Å². The van der Waals surface area contributed by atoms with Gasteiger partial charge in [0, 0.05) is 6.42 Å². The van der Waals surface area contributed by atoms with Crippen molar-refractivity contribution in [1.29, 1.82) is 0 Å². The first kappa shape index (κ1) is 24.9. The second kappa shape index (κ2) is 22.0. The molecule has 0 fully saturated rings. The first-order valence-electron chi connectivity index (χ1n) is 10.4. The summed E-state index contributed by atoms with van der Waals surface area (Å²) in [4.78, 5) is 11.3. The van der Waals surface area contributed by atoms with E-state index in [0.717, 1.165) is 51.4 Å². The van der Waals surface area contributed by atoms with Crippen molar-refractivity contribution in [1.82, 2.24) is 0 Å². The second-order valence-electron chi connectivity index (χ2n) is 6.17. The minimum Gasteiger partial charge on any atom is -0.466 e. The standard InChI is InChI=1S/C25H38O2/c1-3-5-6-7-8-9-10-11-12-13-14-15-16-17-18-19-20-21-22-23-25(26)27-24-4-2/h5-6,8-9,11-12,14-15,17-18,20-21H,3-4,7,10,13,16,19,22-24H2,1-2H3/b6-5?,9-8?,12-11?,15-14?,18-17?,21-20-. The maximum Gasteiger partial charge on any atom is 0.306 e. The lowest BCUT2D eigenvalue weighted by Gasteiger charge is -1.99. The topological polar surface area (TPSA) is 26.3 Å². The molecule has 0 unspecified atom stereocenters. The summed E-state index contributed by atoms with van der Waals surface area (Å²) in [6, 6.07) is 0. The zero-order chi connectivity index (χ0) is 19.8. The van der Waals surface area contributed by atoms with Crippen LogP contribution in [0.3, 0.4) is 0 Å². The van der Waals surface area contributed by atoms with Crippen LogP contribution in [0.25, 0.3) is 0 Å². The summed E-state index contributed by atoms with van der Waals surface area (Å²) in [7, 11) is 0. The van der Waals surface area contributed by atoms with E-state index in [-0.39, 0.29) is 5.97 Å². The van der Waals surface area contributed by atoms with Crippen LogP contribution in [0, 0.1) is 0 Å². The molecule has 0 rings (SSSR count). The molecule has 0 aliphatic rings. The zero-order valence-corrected chi connectivity index (χ0v) is 17.3. The van der Waals surface area contributed by atoms with E-state index in [1.54, 1.807) is 0 Å². The van der Waals surface area contributed by atoms with Crippen LogP contribution in [0.15, 0.2) is 72.9 Å². The van der Waals surface area contributed by atoms with E-state index in [9.17, 15) is 4.79 Å². The molecule has 0 radical (unpaired) electrons. The van der Waals surface area contributed by atoms with Gasteiger partial charge >= 0.3 is 5.97 Å². The Morgan fingerprint density at radius 3 is 1.44 bits per heavy atom. The summed E-state index contributed by atoms with van der Waals surface area (Å²) in [5.74, 6) is -0.101. The average molecular weight is 371 g/mol. The molecule has 0 amide bonds. The Hall–Kier alpha value is -2.09. The summed E-state index contributed by atoms with van der Waals surface area (Å²) >= 11 is 0. The van der Waals surface area contributed by atoms with Crippen molar-refractivity contribution in [2.24, 2.45) is 0 Å². The molecule has 0 saturated carbocycles. The highest BCUT2D eigenvalue weighted by Crippen LogP contribution is 1.99. The van der Waals surface area contributed by atoms with Gasteiger partial charge in [-0.15, -0.1) is 0 Å². The average Bonchev–Trinajstić information content (AvgIpc) is 2.68. The van der Waals surface area contributed by atoms with E-state index in [1.807, 2.05) is 13.0 Å². The molecule has 0 aromatic carbocycles. The third-order valence-electron chi connectivity index (χ3n) is 3.58. The fraction of sp³-hybridized carbons (Fsp3) is 0.480. The largest absolute Gasteiger partial charge is 0.466 e. The molecule has 0 aliphatic heterocycles. The van der Waals surface area contributed by atoms with Crippen LogP contribution < -0.4 is 0 Å². The zero-order valence-electron chi connectivity index (χ0n) is 17.3. The van der Waals surface area contributed by atoms with Crippen LogP contribution in [0.2, 0.25) is 0 Å². The Morgan fingerprint density at radius 2 is 1.04 bits per heavy atom. The summed E-state index contributed by atoms with van der Waals surface area (Å²) < 4.78 is 5.02. The molecule has 0 bridgehead atoms. The van der Waals surface area contributed by atoms with Crippen molar-refractivity contribution >= 4 is 5.97 Å². The van der Waals surface area contributed by atoms with Gasteiger partial charge in [-0.3, -0.25) is 4.79 Å². The molecule has 0 aromatic heterocycles. The summed E-state index contributed by atoms with van der Waals surface area (Å²) in [5.41, 5.74) is 0. The number of allylic oxidation sites excluding steroid dienone is 12. The smallest absolute Gasteiger partial charge is 0.306 e. The second-order valence-corrected chi connectivity index (χ2v) is 6.17. The fourth-order valence-electron chi connectivity index (χ4n) is 2.13. The number of carbonyl (C=O) groups excluding carboxylic acids is 1. The van der Waals surface area contributed by atoms with Gasteiger partial charge in [0.1, 0.15) is 0 Å². The predicted molar refractivity (Wildman–Crippen MR) is 119 cm³/mol. The Kier molecular flexibility index (Phi) is 20.3. The SMILES string of the molecule is CCC=CCC=CCC=CCC=CCC=CC/C=C\CCC(=O)OCCC. The lowest BCUT2D eigenvalue weighted by atomic mass is 10.2. The van der Waals surface area contributed by atoms with Crippen molar-refractivity contribution in [2.45, 2.75) is 71.6 Å². The maximum absolute atomic E-state index is 11.3. The molecule has 150 valence electrons. The molecular weight excluding hydrogens is 332 g/mol. The highest BCUT2D eigenvalue weighted by Gasteiger charge is 1.98. The van der Waals surface area contributed by atoms with Gasteiger partial charge in [0.05, 0.1) is 6.61 Å². The molecule has 0 aliphatic carbocycles.